The Hall–Kier alpha value is -1.39. The molecule has 4 heteroatoms. The molecule has 21 heavy (non-hydrogen) atoms. The molecule has 2 fully saturated rings. The number of amides is 1. The lowest BCUT2D eigenvalue weighted by Gasteiger charge is -2.38. The fraction of sp³-hybridized carbons (Fsp3) is 0.588. The van der Waals surface area contributed by atoms with Crippen LogP contribution in [0, 0.1) is 5.92 Å². The van der Waals surface area contributed by atoms with Crippen molar-refractivity contribution in [2.24, 2.45) is 11.7 Å². The molecule has 1 aromatic carbocycles. The van der Waals surface area contributed by atoms with Gasteiger partial charge >= 0.3 is 0 Å². The minimum absolute atomic E-state index is 0.143. The van der Waals surface area contributed by atoms with E-state index >= 15 is 0 Å². The topological polar surface area (TPSA) is 49.6 Å². The highest BCUT2D eigenvalue weighted by molar-refractivity contribution is 5.86. The molecule has 1 aromatic rings. The molecule has 1 heterocycles. The Morgan fingerprint density at radius 3 is 2.38 bits per heavy atom. The number of nitrogens with zero attached hydrogens (tertiary/aromatic N) is 2. The van der Waals surface area contributed by atoms with Crippen LogP contribution in [0.1, 0.15) is 25.3 Å². The van der Waals surface area contributed by atoms with Crippen LogP contribution in [-0.2, 0) is 11.3 Å². The normalized spacial score (nSPS) is 22.9. The largest absolute Gasteiger partial charge is 0.339 e. The molecule has 1 aliphatic carbocycles. The van der Waals surface area contributed by atoms with Crippen LogP contribution in [0.2, 0.25) is 0 Å². The second-order valence-corrected chi connectivity index (χ2v) is 6.61. The predicted octanol–water partition coefficient (Wildman–Crippen LogP) is 1.46. The zero-order chi connectivity index (χ0) is 14.9. The Bertz CT molecular complexity index is 488. The Morgan fingerprint density at radius 2 is 1.81 bits per heavy atom. The average Bonchev–Trinajstić information content (AvgIpc) is 3.33. The van der Waals surface area contributed by atoms with E-state index in [-0.39, 0.29) is 5.91 Å². The van der Waals surface area contributed by atoms with E-state index in [1.54, 1.807) is 0 Å². The molecule has 2 aliphatic rings. The van der Waals surface area contributed by atoms with E-state index in [0.29, 0.717) is 5.92 Å². The molecule has 3 rings (SSSR count). The van der Waals surface area contributed by atoms with E-state index in [1.165, 1.54) is 5.56 Å². The van der Waals surface area contributed by atoms with Gasteiger partial charge in [-0.3, -0.25) is 9.69 Å². The van der Waals surface area contributed by atoms with Gasteiger partial charge in [0, 0.05) is 32.7 Å². The summed E-state index contributed by atoms with van der Waals surface area (Å²) in [5, 5.41) is 0. The highest BCUT2D eigenvalue weighted by Crippen LogP contribution is 2.39. The highest BCUT2D eigenvalue weighted by Gasteiger charge is 2.46. The smallest absolute Gasteiger partial charge is 0.242 e. The third kappa shape index (κ3) is 3.27. The second kappa shape index (κ2) is 5.78. The van der Waals surface area contributed by atoms with Crippen LogP contribution < -0.4 is 5.73 Å². The molecule has 1 unspecified atom stereocenters. The van der Waals surface area contributed by atoms with Gasteiger partial charge in [-0.25, -0.2) is 0 Å². The van der Waals surface area contributed by atoms with E-state index in [9.17, 15) is 4.79 Å². The van der Waals surface area contributed by atoms with Crippen LogP contribution in [0.3, 0.4) is 0 Å². The van der Waals surface area contributed by atoms with Gasteiger partial charge < -0.3 is 10.6 Å². The van der Waals surface area contributed by atoms with E-state index in [4.69, 9.17) is 5.73 Å². The highest BCUT2D eigenvalue weighted by atomic mass is 16.2. The van der Waals surface area contributed by atoms with Crippen molar-refractivity contribution in [2.75, 3.05) is 26.2 Å². The van der Waals surface area contributed by atoms with Crippen molar-refractivity contribution >= 4 is 5.91 Å². The van der Waals surface area contributed by atoms with Gasteiger partial charge in [0.05, 0.1) is 5.54 Å². The third-order valence-corrected chi connectivity index (χ3v) is 4.79. The van der Waals surface area contributed by atoms with Crippen LogP contribution in [0.5, 0.6) is 0 Å². The Kier molecular flexibility index (Phi) is 4.00. The van der Waals surface area contributed by atoms with Gasteiger partial charge in [0.15, 0.2) is 0 Å². The molecular weight excluding hydrogens is 262 g/mol. The molecule has 0 spiro atoms. The average molecular weight is 287 g/mol. The molecule has 0 bridgehead atoms. The Balaban J connectivity index is 1.52. The number of nitrogens with two attached hydrogens (primary N) is 1. The minimum Gasteiger partial charge on any atom is -0.339 e. The first-order chi connectivity index (χ1) is 10.1. The van der Waals surface area contributed by atoms with E-state index in [1.807, 2.05) is 17.9 Å². The molecule has 1 aliphatic heterocycles. The van der Waals surface area contributed by atoms with Crippen molar-refractivity contribution in [1.82, 2.24) is 9.80 Å². The van der Waals surface area contributed by atoms with Gasteiger partial charge in [-0.15, -0.1) is 0 Å². The summed E-state index contributed by atoms with van der Waals surface area (Å²) < 4.78 is 0. The van der Waals surface area contributed by atoms with Gasteiger partial charge in [0.2, 0.25) is 5.91 Å². The van der Waals surface area contributed by atoms with Gasteiger partial charge in [-0.2, -0.15) is 0 Å². The van der Waals surface area contributed by atoms with Crippen LogP contribution >= 0.6 is 0 Å². The zero-order valence-electron chi connectivity index (χ0n) is 12.8. The molecule has 2 N–H and O–H groups in total. The fourth-order valence-corrected chi connectivity index (χ4v) is 3.15. The van der Waals surface area contributed by atoms with Crippen molar-refractivity contribution in [3.63, 3.8) is 0 Å². The lowest BCUT2D eigenvalue weighted by atomic mass is 9.95. The standard InChI is InChI=1S/C17H25N3O/c1-17(18,15-7-8-15)16(21)20-11-9-19(10-12-20)13-14-5-3-2-4-6-14/h2-6,15H,7-13,18H2,1H3. The molecule has 1 saturated heterocycles. The molecular formula is C17H25N3O. The lowest BCUT2D eigenvalue weighted by molar-refractivity contribution is -0.139. The maximum Gasteiger partial charge on any atom is 0.242 e. The number of hydrogen-bond donors (Lipinski definition) is 1. The maximum absolute atomic E-state index is 12.5. The summed E-state index contributed by atoms with van der Waals surface area (Å²) in [6.45, 7) is 6.33. The van der Waals surface area contributed by atoms with E-state index < -0.39 is 5.54 Å². The van der Waals surface area contributed by atoms with E-state index in [0.717, 1.165) is 45.6 Å². The summed E-state index contributed by atoms with van der Waals surface area (Å²) >= 11 is 0. The van der Waals surface area contributed by atoms with Crippen molar-refractivity contribution < 1.29 is 4.79 Å². The Labute approximate surface area is 126 Å². The summed E-state index contributed by atoms with van der Waals surface area (Å²) in [5.74, 6) is 0.539. The van der Waals surface area contributed by atoms with E-state index in [2.05, 4.69) is 29.2 Å². The molecule has 0 aromatic heterocycles. The van der Waals surface area contributed by atoms with Gasteiger partial charge in [-0.1, -0.05) is 30.3 Å². The predicted molar refractivity (Wildman–Crippen MR) is 83.6 cm³/mol. The molecule has 114 valence electrons. The SMILES string of the molecule is CC(N)(C(=O)N1CCN(Cc2ccccc2)CC1)C1CC1. The minimum atomic E-state index is -0.651. The zero-order valence-corrected chi connectivity index (χ0v) is 12.8. The maximum atomic E-state index is 12.5. The van der Waals surface area contributed by atoms with Crippen molar-refractivity contribution in [3.8, 4) is 0 Å². The first-order valence-electron chi connectivity index (χ1n) is 7.92. The molecule has 1 amide bonds. The van der Waals surface area contributed by atoms with Crippen molar-refractivity contribution in [2.45, 2.75) is 31.8 Å². The fourth-order valence-electron chi connectivity index (χ4n) is 3.15. The van der Waals surface area contributed by atoms with Gasteiger partial charge in [0.1, 0.15) is 0 Å². The van der Waals surface area contributed by atoms with Crippen molar-refractivity contribution in [1.29, 1.82) is 0 Å². The lowest BCUT2D eigenvalue weighted by Crippen LogP contribution is -2.59. The first kappa shape index (κ1) is 14.5. The van der Waals surface area contributed by atoms with Crippen LogP contribution in [0.25, 0.3) is 0 Å². The summed E-state index contributed by atoms with van der Waals surface area (Å²) in [7, 11) is 0. The molecule has 1 atom stereocenters. The van der Waals surface area contributed by atoms with Gasteiger partial charge in [-0.05, 0) is 31.2 Å². The number of carbonyl (C=O) groups excluding carboxylic acids is 1. The van der Waals surface area contributed by atoms with Crippen LogP contribution in [0.15, 0.2) is 30.3 Å². The number of carbonyl (C=O) groups is 1. The summed E-state index contributed by atoms with van der Waals surface area (Å²) in [4.78, 5) is 16.9. The molecule has 0 radical (unpaired) electrons. The summed E-state index contributed by atoms with van der Waals surface area (Å²) in [5.41, 5.74) is 6.93. The molecule has 4 nitrogen and oxygen atoms in total. The molecule has 1 saturated carbocycles. The van der Waals surface area contributed by atoms with Crippen LogP contribution in [-0.4, -0.2) is 47.4 Å². The number of rotatable bonds is 4. The third-order valence-electron chi connectivity index (χ3n) is 4.79. The van der Waals surface area contributed by atoms with Crippen LogP contribution in [0.4, 0.5) is 0 Å². The monoisotopic (exact) mass is 287 g/mol. The van der Waals surface area contributed by atoms with Crippen molar-refractivity contribution in [3.05, 3.63) is 35.9 Å². The van der Waals surface area contributed by atoms with Gasteiger partial charge in [0.25, 0.3) is 0 Å². The summed E-state index contributed by atoms with van der Waals surface area (Å²) in [6, 6.07) is 10.5. The number of piperazine rings is 1. The summed E-state index contributed by atoms with van der Waals surface area (Å²) in [6.07, 6.45) is 2.21. The second-order valence-electron chi connectivity index (χ2n) is 6.61. The quantitative estimate of drug-likeness (QED) is 0.912. The Morgan fingerprint density at radius 1 is 1.19 bits per heavy atom. The number of hydrogen-bond acceptors (Lipinski definition) is 3. The number of benzene rings is 1. The first-order valence-corrected chi connectivity index (χ1v) is 7.92.